The second kappa shape index (κ2) is 10.3. The summed E-state index contributed by atoms with van der Waals surface area (Å²) in [4.78, 5) is 4.27. The molecule has 1 aliphatic rings. The van der Waals surface area contributed by atoms with Gasteiger partial charge in [0.1, 0.15) is 12.4 Å². The molecule has 0 spiro atoms. The summed E-state index contributed by atoms with van der Waals surface area (Å²) >= 11 is 2.05. The van der Waals surface area contributed by atoms with E-state index in [4.69, 9.17) is 4.74 Å². The Morgan fingerprint density at radius 3 is 2.78 bits per heavy atom. The summed E-state index contributed by atoms with van der Waals surface area (Å²) in [5, 5.41) is 6.73. The lowest BCUT2D eigenvalue weighted by Crippen LogP contribution is -2.44. The van der Waals surface area contributed by atoms with Crippen LogP contribution in [0.5, 0.6) is 5.75 Å². The summed E-state index contributed by atoms with van der Waals surface area (Å²) in [6.45, 7) is 6.70. The van der Waals surface area contributed by atoms with Crippen LogP contribution < -0.4 is 15.4 Å². The Labute approximate surface area is 161 Å². The van der Waals surface area contributed by atoms with Crippen LogP contribution in [0.25, 0.3) is 0 Å². The van der Waals surface area contributed by atoms with Crippen molar-refractivity contribution in [3.8, 4) is 5.75 Å². The van der Waals surface area contributed by atoms with Crippen molar-refractivity contribution < 1.29 is 4.74 Å². The molecule has 0 saturated carbocycles. The van der Waals surface area contributed by atoms with Gasteiger partial charge in [-0.25, -0.2) is 0 Å². The van der Waals surface area contributed by atoms with Crippen LogP contribution in [-0.2, 0) is 0 Å². The van der Waals surface area contributed by atoms with E-state index in [0.717, 1.165) is 30.4 Å². The van der Waals surface area contributed by atoms with Gasteiger partial charge in [-0.05, 0) is 44.1 Å². The number of rotatable bonds is 6. The molecule has 0 aromatic heterocycles. The first-order chi connectivity index (χ1) is 10.6. The Bertz CT molecular complexity index is 504. The lowest BCUT2D eigenvalue weighted by molar-refractivity contribution is 0.319. The van der Waals surface area contributed by atoms with Crippen LogP contribution >= 0.6 is 35.7 Å². The number of aliphatic imine (C=N–C) groups is 1. The average molecular weight is 449 g/mol. The molecule has 130 valence electrons. The Balaban J connectivity index is 0.00000264. The van der Waals surface area contributed by atoms with E-state index in [0.29, 0.717) is 11.4 Å². The fourth-order valence-electron chi connectivity index (χ4n) is 2.52. The molecule has 1 heterocycles. The third kappa shape index (κ3) is 6.79. The van der Waals surface area contributed by atoms with Crippen LogP contribution in [0.15, 0.2) is 29.3 Å². The highest BCUT2D eigenvalue weighted by Gasteiger charge is 2.29. The molecule has 0 radical (unpaired) electrons. The Morgan fingerprint density at radius 2 is 2.13 bits per heavy atom. The van der Waals surface area contributed by atoms with Gasteiger partial charge in [0, 0.05) is 18.3 Å². The Hall–Kier alpha value is -0.630. The van der Waals surface area contributed by atoms with E-state index >= 15 is 0 Å². The van der Waals surface area contributed by atoms with Gasteiger partial charge >= 0.3 is 0 Å². The number of hydrogen-bond acceptors (Lipinski definition) is 3. The minimum Gasteiger partial charge on any atom is -0.491 e. The van der Waals surface area contributed by atoms with Crippen LogP contribution in [-0.4, -0.2) is 43.2 Å². The minimum atomic E-state index is 0. The molecule has 6 heteroatoms. The second-order valence-electron chi connectivity index (χ2n) is 5.87. The number of ether oxygens (including phenoxy) is 1. The van der Waals surface area contributed by atoms with Crippen LogP contribution in [0.2, 0.25) is 0 Å². The minimum absolute atomic E-state index is 0. The van der Waals surface area contributed by atoms with E-state index in [1.54, 1.807) is 0 Å². The maximum atomic E-state index is 5.78. The zero-order chi connectivity index (χ0) is 15.8. The van der Waals surface area contributed by atoms with E-state index in [1.807, 2.05) is 25.2 Å². The van der Waals surface area contributed by atoms with Crippen LogP contribution in [0.1, 0.15) is 25.3 Å². The van der Waals surface area contributed by atoms with Crippen molar-refractivity contribution in [1.29, 1.82) is 0 Å². The molecule has 0 aliphatic carbocycles. The number of aryl methyl sites for hydroxylation is 1. The Morgan fingerprint density at radius 1 is 1.35 bits per heavy atom. The number of thioether (sulfide) groups is 1. The molecule has 1 saturated heterocycles. The first kappa shape index (κ1) is 20.4. The van der Waals surface area contributed by atoms with Crippen molar-refractivity contribution in [2.75, 3.05) is 32.5 Å². The summed E-state index contributed by atoms with van der Waals surface area (Å²) < 4.78 is 6.12. The van der Waals surface area contributed by atoms with E-state index < -0.39 is 0 Å². The molecule has 1 fully saturated rings. The molecule has 1 unspecified atom stereocenters. The predicted octanol–water partition coefficient (Wildman–Crippen LogP) is 3.44. The lowest BCUT2D eigenvalue weighted by atomic mass is 10.1. The first-order valence-electron chi connectivity index (χ1n) is 7.90. The maximum absolute atomic E-state index is 5.78. The molecule has 23 heavy (non-hydrogen) atoms. The number of para-hydroxylation sites is 1. The summed E-state index contributed by atoms with van der Waals surface area (Å²) in [6, 6.07) is 8.08. The predicted molar refractivity (Wildman–Crippen MR) is 112 cm³/mol. The topological polar surface area (TPSA) is 45.7 Å². The summed E-state index contributed by atoms with van der Waals surface area (Å²) in [5.41, 5.74) is 1.16. The molecule has 0 amide bonds. The molecule has 1 aromatic carbocycles. The molecule has 1 aromatic rings. The van der Waals surface area contributed by atoms with E-state index in [1.165, 1.54) is 18.6 Å². The zero-order valence-corrected chi connectivity index (χ0v) is 17.4. The molecular weight excluding hydrogens is 421 g/mol. The smallest absolute Gasteiger partial charge is 0.191 e. The molecule has 1 aliphatic heterocycles. The first-order valence-corrected chi connectivity index (χ1v) is 8.88. The molecule has 4 nitrogen and oxygen atoms in total. The van der Waals surface area contributed by atoms with E-state index in [-0.39, 0.29) is 24.0 Å². The highest BCUT2D eigenvalue weighted by atomic mass is 127. The van der Waals surface area contributed by atoms with Crippen molar-refractivity contribution in [3.63, 3.8) is 0 Å². The van der Waals surface area contributed by atoms with Crippen molar-refractivity contribution in [3.05, 3.63) is 29.8 Å². The number of benzene rings is 1. The fraction of sp³-hybridized carbons (Fsp3) is 0.588. The van der Waals surface area contributed by atoms with Gasteiger partial charge in [-0.1, -0.05) is 18.2 Å². The maximum Gasteiger partial charge on any atom is 0.191 e. The van der Waals surface area contributed by atoms with Gasteiger partial charge in [-0.15, -0.1) is 24.0 Å². The number of nitrogens with zero attached hydrogens (tertiary/aromatic N) is 1. The molecule has 1 atom stereocenters. The molecule has 2 N–H and O–H groups in total. The monoisotopic (exact) mass is 449 g/mol. The quantitative estimate of drug-likeness (QED) is 0.302. The van der Waals surface area contributed by atoms with Crippen LogP contribution in [0.4, 0.5) is 0 Å². The standard InChI is InChI=1S/C17H27N3OS.HI/c1-14-7-4-5-8-15(14)21-11-10-19-16(18-3)20-13-17(2)9-6-12-22-17;/h4-5,7-8H,6,9-13H2,1-3H3,(H2,18,19,20);1H. The number of nitrogens with one attached hydrogen (secondary N) is 2. The Kier molecular flexibility index (Phi) is 9.12. The second-order valence-corrected chi connectivity index (χ2v) is 7.55. The van der Waals surface area contributed by atoms with Gasteiger partial charge in [0.25, 0.3) is 0 Å². The number of hydrogen-bond donors (Lipinski definition) is 2. The molecule has 0 bridgehead atoms. The number of halogens is 1. The van der Waals surface area contributed by atoms with Crippen molar-refractivity contribution in [2.24, 2.45) is 4.99 Å². The normalized spacial score (nSPS) is 20.7. The van der Waals surface area contributed by atoms with E-state index in [2.05, 4.69) is 47.3 Å². The molecular formula is C17H28IN3OS. The fourth-order valence-corrected chi connectivity index (χ4v) is 3.76. The lowest BCUT2D eigenvalue weighted by Gasteiger charge is -2.24. The van der Waals surface area contributed by atoms with Gasteiger partial charge in [0.15, 0.2) is 5.96 Å². The average Bonchev–Trinajstić information content (AvgIpc) is 2.95. The third-order valence-corrected chi connectivity index (χ3v) is 5.44. The van der Waals surface area contributed by atoms with Gasteiger partial charge in [0.05, 0.1) is 6.54 Å². The SMILES string of the molecule is CN=C(NCCOc1ccccc1C)NCC1(C)CCCS1.I. The van der Waals surface area contributed by atoms with Crippen LogP contribution in [0.3, 0.4) is 0 Å². The zero-order valence-electron chi connectivity index (χ0n) is 14.2. The summed E-state index contributed by atoms with van der Waals surface area (Å²) in [5.74, 6) is 3.07. The summed E-state index contributed by atoms with van der Waals surface area (Å²) in [7, 11) is 1.81. The highest BCUT2D eigenvalue weighted by Crippen LogP contribution is 2.36. The van der Waals surface area contributed by atoms with Gasteiger partial charge in [-0.3, -0.25) is 4.99 Å². The third-order valence-electron chi connectivity index (χ3n) is 3.90. The molecule has 2 rings (SSSR count). The van der Waals surface area contributed by atoms with E-state index in [9.17, 15) is 0 Å². The highest BCUT2D eigenvalue weighted by molar-refractivity contribution is 14.0. The van der Waals surface area contributed by atoms with Crippen molar-refractivity contribution in [2.45, 2.75) is 31.4 Å². The van der Waals surface area contributed by atoms with Gasteiger partial charge in [0.2, 0.25) is 0 Å². The van der Waals surface area contributed by atoms with Gasteiger partial charge < -0.3 is 15.4 Å². The van der Waals surface area contributed by atoms with Crippen LogP contribution in [0, 0.1) is 6.92 Å². The van der Waals surface area contributed by atoms with Gasteiger partial charge in [-0.2, -0.15) is 11.8 Å². The number of guanidine groups is 1. The largest absolute Gasteiger partial charge is 0.491 e. The summed E-state index contributed by atoms with van der Waals surface area (Å²) in [6.07, 6.45) is 2.59. The van der Waals surface area contributed by atoms with Crippen molar-refractivity contribution in [1.82, 2.24) is 10.6 Å². The van der Waals surface area contributed by atoms with Crippen molar-refractivity contribution >= 4 is 41.7 Å².